The van der Waals surface area contributed by atoms with Crippen molar-refractivity contribution in [3.8, 4) is 0 Å². The van der Waals surface area contributed by atoms with E-state index in [0.717, 1.165) is 0 Å². The number of anilines is 1. The van der Waals surface area contributed by atoms with Crippen LogP contribution in [0.5, 0.6) is 0 Å². The Bertz CT molecular complexity index is 1090. The molecule has 0 aliphatic rings. The molecule has 2 rings (SSSR count). The molecule has 1 amide bonds. The van der Waals surface area contributed by atoms with Crippen LogP contribution in [-0.2, 0) is 19.6 Å². The van der Waals surface area contributed by atoms with E-state index < -0.39 is 27.9 Å². The van der Waals surface area contributed by atoms with Gasteiger partial charge in [0.1, 0.15) is 0 Å². The molecule has 0 heterocycles. The molecule has 0 radical (unpaired) electrons. The van der Waals surface area contributed by atoms with Crippen LogP contribution in [0.1, 0.15) is 54.0 Å². The van der Waals surface area contributed by atoms with E-state index in [4.69, 9.17) is 4.74 Å². The van der Waals surface area contributed by atoms with Crippen molar-refractivity contribution in [2.24, 2.45) is 0 Å². The molecule has 2 aromatic carbocycles. The topological polar surface area (TPSA) is 119 Å². The first-order valence-electron chi connectivity index (χ1n) is 9.66. The van der Waals surface area contributed by atoms with Crippen molar-refractivity contribution in [3.63, 3.8) is 0 Å². The summed E-state index contributed by atoms with van der Waals surface area (Å²) < 4.78 is 32.6. The predicted octanol–water partition coefficient (Wildman–Crippen LogP) is 3.07. The fraction of sp³-hybridized carbons (Fsp3) is 0.318. The Hall–Kier alpha value is -3.04. The van der Waals surface area contributed by atoms with Crippen LogP contribution in [0.25, 0.3) is 0 Å². The summed E-state index contributed by atoms with van der Waals surface area (Å²) in [5, 5.41) is 2.60. The Morgan fingerprint density at radius 1 is 0.968 bits per heavy atom. The van der Waals surface area contributed by atoms with Crippen LogP contribution in [0, 0.1) is 6.92 Å². The van der Waals surface area contributed by atoms with Crippen molar-refractivity contribution >= 4 is 33.4 Å². The number of hydrogen-bond donors (Lipinski definition) is 2. The van der Waals surface area contributed by atoms with E-state index in [0.29, 0.717) is 16.8 Å². The molecular weight excluding hydrogens is 420 g/mol. The van der Waals surface area contributed by atoms with Gasteiger partial charge in [0.25, 0.3) is 0 Å². The summed E-state index contributed by atoms with van der Waals surface area (Å²) in [5.41, 5.74) is 1.43. The fourth-order valence-corrected chi connectivity index (χ4v) is 4.08. The van der Waals surface area contributed by atoms with Crippen LogP contribution in [0.15, 0.2) is 47.4 Å². The maximum absolute atomic E-state index is 12.7. The Kier molecular flexibility index (Phi) is 7.70. The first-order valence-corrected chi connectivity index (χ1v) is 11.1. The van der Waals surface area contributed by atoms with Crippen molar-refractivity contribution in [1.29, 1.82) is 0 Å². The van der Waals surface area contributed by atoms with E-state index in [1.54, 1.807) is 32.9 Å². The number of ketones is 1. The largest absolute Gasteiger partial charge is 0.451 e. The van der Waals surface area contributed by atoms with Gasteiger partial charge in [-0.05, 0) is 69.7 Å². The Morgan fingerprint density at radius 2 is 1.58 bits per heavy atom. The van der Waals surface area contributed by atoms with Gasteiger partial charge in [-0.2, -0.15) is 0 Å². The summed E-state index contributed by atoms with van der Waals surface area (Å²) in [6.07, 6.45) is -1.09. The molecule has 166 valence electrons. The number of amides is 1. The molecule has 0 bridgehead atoms. The zero-order valence-electron chi connectivity index (χ0n) is 18.1. The van der Waals surface area contributed by atoms with Gasteiger partial charge in [0.2, 0.25) is 21.7 Å². The van der Waals surface area contributed by atoms with E-state index in [-0.39, 0.29) is 22.4 Å². The third-order valence-electron chi connectivity index (χ3n) is 4.27. The predicted molar refractivity (Wildman–Crippen MR) is 117 cm³/mol. The average Bonchev–Trinajstić information content (AvgIpc) is 2.66. The van der Waals surface area contributed by atoms with Crippen molar-refractivity contribution in [3.05, 3.63) is 59.2 Å². The van der Waals surface area contributed by atoms with Crippen molar-refractivity contribution in [2.75, 3.05) is 5.32 Å². The lowest BCUT2D eigenvalue weighted by atomic mass is 10.1. The van der Waals surface area contributed by atoms with Gasteiger partial charge in [-0.3, -0.25) is 9.59 Å². The van der Waals surface area contributed by atoms with Gasteiger partial charge in [0.15, 0.2) is 6.10 Å². The van der Waals surface area contributed by atoms with Gasteiger partial charge in [0, 0.05) is 24.2 Å². The summed E-state index contributed by atoms with van der Waals surface area (Å²) in [5.74, 6) is -1.45. The molecule has 2 N–H and O–H groups in total. The Labute approximate surface area is 182 Å². The molecular formula is C22H26N2O6S. The lowest BCUT2D eigenvalue weighted by molar-refractivity contribution is -0.114. The Morgan fingerprint density at radius 3 is 2.13 bits per heavy atom. The number of nitrogens with one attached hydrogen (secondary N) is 2. The molecule has 1 atom stereocenters. The maximum atomic E-state index is 12.7. The van der Waals surface area contributed by atoms with Gasteiger partial charge >= 0.3 is 5.97 Å². The molecule has 0 spiro atoms. The van der Waals surface area contributed by atoms with E-state index in [1.165, 1.54) is 44.2 Å². The molecule has 0 saturated carbocycles. The van der Waals surface area contributed by atoms with Gasteiger partial charge in [0.05, 0.1) is 10.5 Å². The highest BCUT2D eigenvalue weighted by atomic mass is 32.2. The van der Waals surface area contributed by atoms with Crippen LogP contribution in [0.3, 0.4) is 0 Å². The molecule has 0 aromatic heterocycles. The quantitative estimate of drug-likeness (QED) is 0.475. The zero-order valence-corrected chi connectivity index (χ0v) is 18.9. The number of carbonyl (C=O) groups excluding carboxylic acids is 3. The minimum absolute atomic E-state index is 0.0623. The number of sulfonamides is 1. The average molecular weight is 447 g/mol. The third kappa shape index (κ3) is 6.47. The zero-order chi connectivity index (χ0) is 23.3. The van der Waals surface area contributed by atoms with Crippen molar-refractivity contribution < 1.29 is 27.5 Å². The number of ether oxygens (including phenoxy) is 1. The van der Waals surface area contributed by atoms with Gasteiger partial charge in [-0.15, -0.1) is 0 Å². The number of rotatable bonds is 8. The SMILES string of the molecule is CC(=O)Nc1ccc(C(=O)C(C)OC(=O)c2cc(S(=O)(=O)NC(C)C)ccc2C)cc1. The maximum Gasteiger partial charge on any atom is 0.339 e. The van der Waals surface area contributed by atoms with Gasteiger partial charge < -0.3 is 10.1 Å². The summed E-state index contributed by atoms with van der Waals surface area (Å²) in [4.78, 5) is 36.3. The normalized spacial score (nSPS) is 12.3. The first kappa shape index (κ1) is 24.2. The molecule has 0 fully saturated rings. The lowest BCUT2D eigenvalue weighted by Crippen LogP contribution is -2.30. The van der Waals surface area contributed by atoms with Crippen molar-refractivity contribution in [1.82, 2.24) is 4.72 Å². The molecule has 0 saturated heterocycles. The van der Waals surface area contributed by atoms with Crippen LogP contribution in [-0.4, -0.2) is 38.2 Å². The number of esters is 1. The lowest BCUT2D eigenvalue weighted by Gasteiger charge is -2.15. The Balaban J connectivity index is 2.18. The monoisotopic (exact) mass is 446 g/mol. The summed E-state index contributed by atoms with van der Waals surface area (Å²) in [6, 6.07) is 10.0. The fourth-order valence-electron chi connectivity index (χ4n) is 2.80. The van der Waals surface area contributed by atoms with Crippen LogP contribution in [0.4, 0.5) is 5.69 Å². The van der Waals surface area contributed by atoms with Crippen molar-refractivity contribution in [2.45, 2.75) is 51.7 Å². The van der Waals surface area contributed by atoms with E-state index in [9.17, 15) is 22.8 Å². The summed E-state index contributed by atoms with van der Waals surface area (Å²) >= 11 is 0. The van der Waals surface area contributed by atoms with E-state index in [2.05, 4.69) is 10.0 Å². The molecule has 31 heavy (non-hydrogen) atoms. The number of benzene rings is 2. The number of Topliss-reactive ketones (excluding diaryl/α,β-unsaturated/α-hetero) is 1. The molecule has 9 heteroatoms. The standard InChI is InChI=1S/C22H26N2O6S/c1-13(2)24-31(28,29)19-11-6-14(3)20(12-19)22(27)30-15(4)21(26)17-7-9-18(10-8-17)23-16(5)25/h6-13,15,24H,1-5H3,(H,23,25). The third-order valence-corrected chi connectivity index (χ3v) is 5.93. The second-order valence-corrected chi connectivity index (χ2v) is 9.14. The number of aryl methyl sites for hydroxylation is 1. The smallest absolute Gasteiger partial charge is 0.339 e. The minimum Gasteiger partial charge on any atom is -0.451 e. The molecule has 2 aromatic rings. The summed E-state index contributed by atoms with van der Waals surface area (Å²) in [6.45, 7) is 7.85. The first-order chi connectivity index (χ1) is 14.4. The van der Waals surface area contributed by atoms with Crippen LogP contribution >= 0.6 is 0 Å². The molecule has 1 unspecified atom stereocenters. The number of carbonyl (C=O) groups is 3. The molecule has 0 aliphatic heterocycles. The molecule has 0 aliphatic carbocycles. The van der Waals surface area contributed by atoms with Crippen LogP contribution < -0.4 is 10.0 Å². The van der Waals surface area contributed by atoms with E-state index in [1.807, 2.05) is 0 Å². The second kappa shape index (κ2) is 9.84. The van der Waals surface area contributed by atoms with Gasteiger partial charge in [-0.25, -0.2) is 17.9 Å². The molecule has 8 nitrogen and oxygen atoms in total. The summed E-state index contributed by atoms with van der Waals surface area (Å²) in [7, 11) is -3.79. The van der Waals surface area contributed by atoms with Gasteiger partial charge in [-0.1, -0.05) is 6.07 Å². The van der Waals surface area contributed by atoms with Crippen LogP contribution in [0.2, 0.25) is 0 Å². The highest BCUT2D eigenvalue weighted by Crippen LogP contribution is 2.19. The highest BCUT2D eigenvalue weighted by Gasteiger charge is 2.24. The highest BCUT2D eigenvalue weighted by molar-refractivity contribution is 7.89. The minimum atomic E-state index is -3.79. The second-order valence-electron chi connectivity index (χ2n) is 7.42. The number of hydrogen-bond acceptors (Lipinski definition) is 6. The van der Waals surface area contributed by atoms with E-state index >= 15 is 0 Å².